The Kier molecular flexibility index (Phi) is 14.9. The Morgan fingerprint density at radius 2 is 1.58 bits per heavy atom. The third kappa shape index (κ3) is 12.0. The van der Waals surface area contributed by atoms with Crippen LogP contribution in [0.25, 0.3) is 0 Å². The van der Waals surface area contributed by atoms with Gasteiger partial charge in [0.2, 0.25) is 5.91 Å². The maximum absolute atomic E-state index is 13.1. The third-order valence-electron chi connectivity index (χ3n) is 7.12. The second kappa shape index (κ2) is 18.8. The van der Waals surface area contributed by atoms with Crippen molar-refractivity contribution >= 4 is 41.6 Å². The number of nitrogens with one attached hydrogen (secondary N) is 2. The van der Waals surface area contributed by atoms with Crippen LogP contribution in [0.15, 0.2) is 30.3 Å². The summed E-state index contributed by atoms with van der Waals surface area (Å²) in [7, 11) is 0. The first-order valence-corrected chi connectivity index (χ1v) is 15.5. The van der Waals surface area contributed by atoms with E-state index in [1.165, 1.54) is 6.92 Å². The number of hydrogen-bond acceptors (Lipinski definition) is 15. The molecule has 6 unspecified atom stereocenters. The topological polar surface area (TPSA) is 228 Å². The maximum atomic E-state index is 13.1. The molecule has 0 aliphatic carbocycles. The molecule has 264 valence electrons. The van der Waals surface area contributed by atoms with Gasteiger partial charge in [0.15, 0.2) is 18.5 Å². The SMILES string of the molecule is CC(=O)OC(CNCc1ccccc1)COC1OC(CN)C(OC(C)=O)C(OC(C)=O)C1NC(=O)CCCC(=O)ON1C(=O)CCC1=O. The van der Waals surface area contributed by atoms with E-state index >= 15 is 0 Å². The highest BCUT2D eigenvalue weighted by atomic mass is 16.7. The first kappa shape index (κ1) is 38.0. The number of imide groups is 1. The summed E-state index contributed by atoms with van der Waals surface area (Å²) >= 11 is 0. The van der Waals surface area contributed by atoms with Gasteiger partial charge < -0.3 is 44.9 Å². The number of rotatable bonds is 17. The summed E-state index contributed by atoms with van der Waals surface area (Å²) in [5.74, 6) is -4.84. The van der Waals surface area contributed by atoms with E-state index in [0.717, 1.165) is 19.4 Å². The predicted octanol–water partition coefficient (Wildman–Crippen LogP) is -0.466. The molecule has 2 fully saturated rings. The van der Waals surface area contributed by atoms with Gasteiger partial charge in [-0.05, 0) is 12.0 Å². The van der Waals surface area contributed by atoms with Crippen molar-refractivity contribution in [2.45, 2.75) is 96.2 Å². The molecule has 0 bridgehead atoms. The molecule has 2 heterocycles. The van der Waals surface area contributed by atoms with Gasteiger partial charge in [0.05, 0.1) is 6.61 Å². The minimum atomic E-state index is -1.33. The molecule has 3 rings (SSSR count). The molecule has 0 aromatic heterocycles. The van der Waals surface area contributed by atoms with E-state index in [1.807, 2.05) is 30.3 Å². The minimum absolute atomic E-state index is 0.0430. The van der Waals surface area contributed by atoms with Crippen molar-refractivity contribution in [2.24, 2.45) is 5.73 Å². The van der Waals surface area contributed by atoms with Crippen molar-refractivity contribution in [2.75, 3.05) is 19.7 Å². The van der Waals surface area contributed by atoms with Crippen LogP contribution in [0.1, 0.15) is 58.4 Å². The van der Waals surface area contributed by atoms with Crippen LogP contribution in [0.4, 0.5) is 0 Å². The second-order valence-electron chi connectivity index (χ2n) is 11.1. The first-order valence-electron chi connectivity index (χ1n) is 15.5. The van der Waals surface area contributed by atoms with E-state index in [1.54, 1.807) is 0 Å². The Hall–Kier alpha value is -4.45. The molecule has 4 N–H and O–H groups in total. The van der Waals surface area contributed by atoms with Crippen LogP contribution in [0, 0.1) is 0 Å². The van der Waals surface area contributed by atoms with Crippen LogP contribution in [-0.2, 0) is 68.6 Å². The van der Waals surface area contributed by atoms with Crippen molar-refractivity contribution in [1.29, 1.82) is 0 Å². The largest absolute Gasteiger partial charge is 0.459 e. The number of nitrogens with two attached hydrogens (primary N) is 1. The molecule has 0 saturated carbocycles. The quantitative estimate of drug-likeness (QED) is 0.108. The summed E-state index contributed by atoms with van der Waals surface area (Å²) in [6.45, 7) is 3.76. The highest BCUT2D eigenvalue weighted by Crippen LogP contribution is 2.27. The lowest BCUT2D eigenvalue weighted by Crippen LogP contribution is -2.67. The molecular formula is C31H42N4O13. The predicted molar refractivity (Wildman–Crippen MR) is 161 cm³/mol. The number of benzene rings is 1. The summed E-state index contributed by atoms with van der Waals surface area (Å²) in [6, 6.07) is 8.26. The molecule has 0 radical (unpaired) electrons. The molecule has 1 aromatic rings. The molecule has 3 amide bonds. The number of hydrogen-bond donors (Lipinski definition) is 3. The standard InChI is InChI=1S/C31H42N4O13/c1-18(36)44-22(16-33-15-21-8-5-4-6-9-21)17-43-31-28(30(46-20(3)38)29(45-19(2)37)23(14-32)47-31)34-24(39)10-7-11-27(42)48-35-25(40)12-13-26(35)41/h4-6,8-9,22-23,28-31,33H,7,10-17,32H2,1-3H3,(H,34,39). The highest BCUT2D eigenvalue weighted by molar-refractivity contribution is 6.01. The molecule has 6 atom stereocenters. The molecular weight excluding hydrogens is 636 g/mol. The van der Waals surface area contributed by atoms with E-state index in [4.69, 9.17) is 34.3 Å². The van der Waals surface area contributed by atoms with Gasteiger partial charge in [-0.3, -0.25) is 28.8 Å². The van der Waals surface area contributed by atoms with Crippen LogP contribution in [-0.4, -0.2) is 103 Å². The third-order valence-corrected chi connectivity index (χ3v) is 7.12. The van der Waals surface area contributed by atoms with Crippen molar-refractivity contribution < 1.29 is 62.1 Å². The van der Waals surface area contributed by atoms with Crippen molar-refractivity contribution in [3.8, 4) is 0 Å². The summed E-state index contributed by atoms with van der Waals surface area (Å²) in [6.07, 6.45) is -6.42. The van der Waals surface area contributed by atoms with Gasteiger partial charge in [0, 0.05) is 66.1 Å². The number of nitrogens with zero attached hydrogens (tertiary/aromatic N) is 1. The summed E-state index contributed by atoms with van der Waals surface area (Å²) in [5.41, 5.74) is 6.91. The van der Waals surface area contributed by atoms with E-state index in [0.29, 0.717) is 11.6 Å². The van der Waals surface area contributed by atoms with E-state index < -0.39 is 78.3 Å². The van der Waals surface area contributed by atoms with Gasteiger partial charge in [-0.25, -0.2) is 4.79 Å². The molecule has 17 heteroatoms. The fraction of sp³-hybridized carbons (Fsp3) is 0.581. The lowest BCUT2D eigenvalue weighted by atomic mass is 9.95. The van der Waals surface area contributed by atoms with Crippen LogP contribution >= 0.6 is 0 Å². The van der Waals surface area contributed by atoms with Crippen LogP contribution in [0.2, 0.25) is 0 Å². The highest BCUT2D eigenvalue weighted by Gasteiger charge is 2.50. The van der Waals surface area contributed by atoms with Gasteiger partial charge in [-0.1, -0.05) is 30.3 Å². The number of hydroxylamine groups is 2. The summed E-state index contributed by atoms with van der Waals surface area (Å²) in [4.78, 5) is 89.5. The number of amides is 3. The van der Waals surface area contributed by atoms with Gasteiger partial charge in [0.1, 0.15) is 18.2 Å². The zero-order chi connectivity index (χ0) is 35.2. The van der Waals surface area contributed by atoms with E-state index in [-0.39, 0.29) is 51.8 Å². The lowest BCUT2D eigenvalue weighted by molar-refractivity contribution is -0.273. The Labute approximate surface area is 277 Å². The Bertz CT molecular complexity index is 1290. The molecule has 17 nitrogen and oxygen atoms in total. The Balaban J connectivity index is 1.72. The second-order valence-corrected chi connectivity index (χ2v) is 11.1. The zero-order valence-electron chi connectivity index (χ0n) is 27.0. The van der Waals surface area contributed by atoms with Crippen LogP contribution in [0.5, 0.6) is 0 Å². The fourth-order valence-electron chi connectivity index (χ4n) is 5.06. The first-order chi connectivity index (χ1) is 22.9. The average Bonchev–Trinajstić information content (AvgIpc) is 3.33. The number of carbonyl (C=O) groups is 7. The van der Waals surface area contributed by atoms with E-state index in [2.05, 4.69) is 10.6 Å². The van der Waals surface area contributed by atoms with Gasteiger partial charge in [-0.15, -0.1) is 5.06 Å². The van der Waals surface area contributed by atoms with Gasteiger partial charge >= 0.3 is 23.9 Å². The average molecular weight is 679 g/mol. The van der Waals surface area contributed by atoms with Crippen LogP contribution in [0.3, 0.4) is 0 Å². The Morgan fingerprint density at radius 1 is 0.938 bits per heavy atom. The zero-order valence-corrected chi connectivity index (χ0v) is 27.0. The minimum Gasteiger partial charge on any atom is -0.459 e. The summed E-state index contributed by atoms with van der Waals surface area (Å²) < 4.78 is 28.4. The van der Waals surface area contributed by atoms with Gasteiger partial charge in [0.25, 0.3) is 11.8 Å². The summed E-state index contributed by atoms with van der Waals surface area (Å²) in [5, 5.41) is 6.27. The molecule has 2 aliphatic heterocycles. The number of carbonyl (C=O) groups excluding carboxylic acids is 7. The molecule has 48 heavy (non-hydrogen) atoms. The fourth-order valence-corrected chi connectivity index (χ4v) is 5.06. The normalized spacial score (nSPS) is 22.8. The van der Waals surface area contributed by atoms with Crippen molar-refractivity contribution in [3.05, 3.63) is 35.9 Å². The Morgan fingerprint density at radius 3 is 2.19 bits per heavy atom. The molecule has 2 aliphatic rings. The van der Waals surface area contributed by atoms with Gasteiger partial charge in [-0.2, -0.15) is 0 Å². The smallest absolute Gasteiger partial charge is 0.333 e. The molecule has 1 aromatic carbocycles. The van der Waals surface area contributed by atoms with Crippen molar-refractivity contribution in [3.63, 3.8) is 0 Å². The molecule has 2 saturated heterocycles. The molecule has 0 spiro atoms. The van der Waals surface area contributed by atoms with Crippen LogP contribution < -0.4 is 16.4 Å². The lowest BCUT2D eigenvalue weighted by Gasteiger charge is -2.45. The number of ether oxygens (including phenoxy) is 5. The van der Waals surface area contributed by atoms with E-state index in [9.17, 15) is 33.6 Å². The van der Waals surface area contributed by atoms with Crippen molar-refractivity contribution in [1.82, 2.24) is 15.7 Å². The number of esters is 3. The monoisotopic (exact) mass is 678 g/mol. The maximum Gasteiger partial charge on any atom is 0.333 e.